The fraction of sp³-hybridized carbons (Fsp3) is 0.955. The molecule has 0 aromatic carbocycles. The van der Waals surface area contributed by atoms with Crippen LogP contribution in [0.1, 0.15) is 271 Å². The first-order valence-electron chi connectivity index (χ1n) is 35.3. The van der Waals surface area contributed by atoms with Crippen molar-refractivity contribution in [1.29, 1.82) is 0 Å². The van der Waals surface area contributed by atoms with Crippen molar-refractivity contribution >= 4 is 25.7 Å². The number of ether oxygens (including phenoxy) is 7. The third-order valence-corrected chi connectivity index (χ3v) is 18.6. The second kappa shape index (κ2) is 49.5. The standard InChI is InChI=1S/C66H123O24P/c1-4-7-10-13-16-19-22-24-27-29-32-35-38-41-51(69)83-46-49-54(72)56(74)61(79)66(87-49)89-63-59(77)57(75)58(76)62(88-65-60(78)55(73)53(71)48(43-67)86-65)64(63)90-91(80,81)84-45-47(44-82-50(68)40-37-34-31-28-25-21-18-15-12-9-6-3)85-52(70)42-39-36-33-30-26-23-20-17-14-11-8-5-2/h47-49,53-67,71-79H,4-46H2,1-3H3,(H,80,81). The van der Waals surface area contributed by atoms with Crippen LogP contribution in [0.5, 0.6) is 0 Å². The summed E-state index contributed by atoms with van der Waals surface area (Å²) in [6, 6.07) is 0. The van der Waals surface area contributed by atoms with Crippen molar-refractivity contribution < 1.29 is 117 Å². The molecule has 3 fully saturated rings. The lowest BCUT2D eigenvalue weighted by Gasteiger charge is -2.49. The van der Waals surface area contributed by atoms with Gasteiger partial charge in [0.15, 0.2) is 18.7 Å². The van der Waals surface area contributed by atoms with E-state index in [1.165, 1.54) is 116 Å². The van der Waals surface area contributed by atoms with Crippen LogP contribution >= 0.6 is 7.82 Å². The highest BCUT2D eigenvalue weighted by Crippen LogP contribution is 2.49. The van der Waals surface area contributed by atoms with Crippen molar-refractivity contribution in [3.05, 3.63) is 0 Å². The average Bonchev–Trinajstić information content (AvgIpc) is 0.807. The first kappa shape index (κ1) is 83.2. The number of rotatable bonds is 54. The highest BCUT2D eigenvalue weighted by Gasteiger charge is 2.58. The Kier molecular flexibility index (Phi) is 45.2. The normalized spacial score (nSPS) is 28.8. The lowest BCUT2D eigenvalue weighted by molar-refractivity contribution is -0.360. The van der Waals surface area contributed by atoms with E-state index in [4.69, 9.17) is 42.2 Å². The topological polar surface area (TPSA) is 374 Å². The number of esters is 3. The SMILES string of the molecule is CCCCCCCCCCCCCCCC(=O)OCC1OC(OC2C(O)C(O)C(O)C(OC3OC(CO)C(O)C(O)C3O)C2OP(=O)(O)OCC(COC(=O)CCCCCCCCCCCCC)OC(=O)CCCCCCCCCCCCCC)C(O)C(O)C1O. The van der Waals surface area contributed by atoms with E-state index in [2.05, 4.69) is 20.8 Å². The van der Waals surface area contributed by atoms with Crippen LogP contribution in [-0.2, 0) is 61.2 Å². The van der Waals surface area contributed by atoms with E-state index in [0.717, 1.165) is 96.3 Å². The summed E-state index contributed by atoms with van der Waals surface area (Å²) in [4.78, 5) is 50.7. The second-order valence-corrected chi connectivity index (χ2v) is 27.0. The summed E-state index contributed by atoms with van der Waals surface area (Å²) in [5.74, 6) is -1.98. The maximum atomic E-state index is 14.3. The molecule has 24 nitrogen and oxygen atoms in total. The fourth-order valence-electron chi connectivity index (χ4n) is 11.8. The van der Waals surface area contributed by atoms with Crippen LogP contribution in [0, 0.1) is 0 Å². The van der Waals surface area contributed by atoms with Crippen LogP contribution in [0.25, 0.3) is 0 Å². The Balaban J connectivity index is 1.76. The first-order valence-corrected chi connectivity index (χ1v) is 36.8. The lowest BCUT2D eigenvalue weighted by Crippen LogP contribution is -2.69. The maximum Gasteiger partial charge on any atom is 0.472 e. The van der Waals surface area contributed by atoms with Crippen molar-refractivity contribution in [3.8, 4) is 0 Å². The van der Waals surface area contributed by atoms with E-state index in [1.807, 2.05) is 0 Å². The monoisotopic (exact) mass is 1330 g/mol. The zero-order chi connectivity index (χ0) is 66.8. The molecular formula is C66H123O24P. The summed E-state index contributed by atoms with van der Waals surface area (Å²) < 4.78 is 64.8. The Bertz CT molecular complexity index is 1910. The van der Waals surface area contributed by atoms with E-state index in [9.17, 15) is 74.9 Å². The number of hydrogen-bond acceptors (Lipinski definition) is 23. The summed E-state index contributed by atoms with van der Waals surface area (Å²) in [6.07, 6.45) is 3.52. The molecule has 25 heteroatoms. The molecule has 536 valence electrons. The number of hydrogen-bond donors (Lipinski definition) is 11. The molecule has 0 amide bonds. The van der Waals surface area contributed by atoms with E-state index >= 15 is 0 Å². The van der Waals surface area contributed by atoms with Crippen LogP contribution in [0.3, 0.4) is 0 Å². The zero-order valence-electron chi connectivity index (χ0n) is 55.4. The minimum atomic E-state index is -5.68. The van der Waals surface area contributed by atoms with Gasteiger partial charge in [-0.05, 0) is 19.3 Å². The molecule has 18 atom stereocenters. The van der Waals surface area contributed by atoms with Gasteiger partial charge in [0, 0.05) is 19.3 Å². The summed E-state index contributed by atoms with van der Waals surface area (Å²) in [5, 5.41) is 110. The van der Waals surface area contributed by atoms with E-state index in [1.54, 1.807) is 0 Å². The van der Waals surface area contributed by atoms with Crippen molar-refractivity contribution in [3.63, 3.8) is 0 Å². The summed E-state index contributed by atoms with van der Waals surface area (Å²) in [7, 11) is -5.68. The third-order valence-electron chi connectivity index (χ3n) is 17.6. The Morgan fingerprint density at radius 2 is 0.703 bits per heavy atom. The Morgan fingerprint density at radius 3 is 1.08 bits per heavy atom. The number of aliphatic hydroxyl groups is 10. The van der Waals surface area contributed by atoms with Gasteiger partial charge in [-0.15, -0.1) is 0 Å². The number of carbonyl (C=O) groups is 3. The molecular weight excluding hydrogens is 1210 g/mol. The molecule has 2 aliphatic heterocycles. The molecule has 18 unspecified atom stereocenters. The van der Waals surface area contributed by atoms with E-state index < -0.39 is 156 Å². The zero-order valence-corrected chi connectivity index (χ0v) is 56.3. The molecule has 0 radical (unpaired) electrons. The quantitative estimate of drug-likeness (QED) is 0.0118. The molecule has 0 spiro atoms. The first-order chi connectivity index (χ1) is 43.8. The molecule has 91 heavy (non-hydrogen) atoms. The Labute approximate surface area is 542 Å². The lowest BCUT2D eigenvalue weighted by atomic mass is 9.84. The van der Waals surface area contributed by atoms with Crippen LogP contribution in [0.4, 0.5) is 0 Å². The Morgan fingerprint density at radius 1 is 0.385 bits per heavy atom. The minimum absolute atomic E-state index is 0.0333. The number of phosphoric acid groups is 1. The van der Waals surface area contributed by atoms with Crippen molar-refractivity contribution in [2.24, 2.45) is 0 Å². The van der Waals surface area contributed by atoms with Gasteiger partial charge in [-0.3, -0.25) is 23.4 Å². The number of aliphatic hydroxyl groups excluding tert-OH is 10. The average molecular weight is 1330 g/mol. The predicted molar refractivity (Wildman–Crippen MR) is 338 cm³/mol. The predicted octanol–water partition coefficient (Wildman–Crippen LogP) is 8.23. The molecule has 2 heterocycles. The molecule has 2 saturated heterocycles. The van der Waals surface area contributed by atoms with Gasteiger partial charge in [-0.25, -0.2) is 4.57 Å². The van der Waals surface area contributed by atoms with Crippen molar-refractivity contribution in [2.75, 3.05) is 26.4 Å². The molecule has 3 aliphatic rings. The van der Waals surface area contributed by atoms with Gasteiger partial charge < -0.3 is 89.1 Å². The Hall–Kier alpha value is -2.04. The molecule has 0 aromatic rings. The van der Waals surface area contributed by atoms with Gasteiger partial charge in [-0.2, -0.15) is 0 Å². The molecule has 1 saturated carbocycles. The van der Waals surface area contributed by atoms with Gasteiger partial charge in [0.25, 0.3) is 0 Å². The molecule has 11 N–H and O–H groups in total. The summed E-state index contributed by atoms with van der Waals surface area (Å²) in [5.41, 5.74) is 0. The number of unbranched alkanes of at least 4 members (excludes halogenated alkanes) is 33. The minimum Gasteiger partial charge on any atom is -0.463 e. The van der Waals surface area contributed by atoms with Crippen molar-refractivity contribution in [1.82, 2.24) is 0 Å². The van der Waals surface area contributed by atoms with Gasteiger partial charge >= 0.3 is 25.7 Å². The highest BCUT2D eigenvalue weighted by atomic mass is 31.2. The highest BCUT2D eigenvalue weighted by molar-refractivity contribution is 7.47. The van der Waals surface area contributed by atoms with Gasteiger partial charge in [0.2, 0.25) is 0 Å². The molecule has 1 aliphatic carbocycles. The largest absolute Gasteiger partial charge is 0.472 e. The number of carbonyl (C=O) groups excluding carboxylic acids is 3. The number of phosphoric ester groups is 1. The third kappa shape index (κ3) is 33.7. The van der Waals surface area contributed by atoms with Crippen LogP contribution in [-0.4, -0.2) is 204 Å². The summed E-state index contributed by atoms with van der Waals surface area (Å²) >= 11 is 0. The summed E-state index contributed by atoms with van der Waals surface area (Å²) in [6.45, 7) is 3.41. The van der Waals surface area contributed by atoms with Gasteiger partial charge in [0.1, 0.15) is 98.7 Å². The van der Waals surface area contributed by atoms with Crippen molar-refractivity contribution in [2.45, 2.75) is 375 Å². The van der Waals surface area contributed by atoms with Crippen LogP contribution < -0.4 is 0 Å². The van der Waals surface area contributed by atoms with Gasteiger partial charge in [-0.1, -0.05) is 233 Å². The fourth-order valence-corrected chi connectivity index (χ4v) is 12.8. The molecule has 0 aromatic heterocycles. The molecule has 3 rings (SSSR count). The van der Waals surface area contributed by atoms with Crippen LogP contribution in [0.2, 0.25) is 0 Å². The maximum absolute atomic E-state index is 14.3. The van der Waals surface area contributed by atoms with E-state index in [-0.39, 0.29) is 19.3 Å². The molecule has 0 bridgehead atoms. The van der Waals surface area contributed by atoms with Gasteiger partial charge in [0.05, 0.1) is 13.2 Å². The smallest absolute Gasteiger partial charge is 0.463 e. The van der Waals surface area contributed by atoms with E-state index in [0.29, 0.717) is 19.3 Å². The van der Waals surface area contributed by atoms with Crippen LogP contribution in [0.15, 0.2) is 0 Å². The second-order valence-electron chi connectivity index (χ2n) is 25.6.